The predicted octanol–water partition coefficient (Wildman–Crippen LogP) is 0.528. The van der Waals surface area contributed by atoms with Crippen molar-refractivity contribution in [2.75, 3.05) is 0 Å². The molecule has 80 valence electrons. The van der Waals surface area contributed by atoms with Crippen molar-refractivity contribution >= 4 is 11.9 Å². The van der Waals surface area contributed by atoms with Gasteiger partial charge in [0.2, 0.25) is 5.91 Å². The molecule has 1 aliphatic heterocycles. The van der Waals surface area contributed by atoms with Gasteiger partial charge in [0.05, 0.1) is 0 Å². The number of hydrogen-bond acceptors (Lipinski definition) is 2. The molecule has 0 aromatic heterocycles. The monoisotopic (exact) mass is 211 g/mol. The second-order valence-electron chi connectivity index (χ2n) is 3.07. The summed E-state index contributed by atoms with van der Waals surface area (Å²) in [5, 5.41) is 10.1. The van der Waals surface area contributed by atoms with E-state index in [1.54, 1.807) is 5.32 Å². The highest BCUT2D eigenvalue weighted by molar-refractivity contribution is 5.97. The molecule has 1 amide bonds. The zero-order valence-electron chi connectivity index (χ0n) is 6.97. The number of aliphatic carboxylic acids is 1. The van der Waals surface area contributed by atoms with E-state index >= 15 is 0 Å². The van der Waals surface area contributed by atoms with Crippen molar-refractivity contribution in [2.24, 2.45) is 5.92 Å². The van der Waals surface area contributed by atoms with Crippen molar-refractivity contribution in [3.05, 3.63) is 0 Å². The smallest absolute Gasteiger partial charge is 0.408 e. The highest BCUT2D eigenvalue weighted by Crippen LogP contribution is 2.28. The molecule has 4 nitrogen and oxygen atoms in total. The Kier molecular flexibility index (Phi) is 2.68. The number of hydrogen-bond donors (Lipinski definition) is 2. The highest BCUT2D eigenvalue weighted by Gasteiger charge is 2.45. The molecule has 0 aliphatic carbocycles. The van der Waals surface area contributed by atoms with Crippen LogP contribution in [0.3, 0.4) is 0 Å². The lowest BCUT2D eigenvalue weighted by Crippen LogP contribution is -2.52. The van der Waals surface area contributed by atoms with Crippen molar-refractivity contribution in [3.8, 4) is 0 Å². The average molecular weight is 211 g/mol. The number of carboxylic acids is 1. The molecule has 0 bridgehead atoms. The Labute approximate surface area is 77.1 Å². The molecule has 0 radical (unpaired) electrons. The van der Waals surface area contributed by atoms with Crippen LogP contribution in [0.5, 0.6) is 0 Å². The minimum absolute atomic E-state index is 0.272. The van der Waals surface area contributed by atoms with Gasteiger partial charge < -0.3 is 10.4 Å². The van der Waals surface area contributed by atoms with Crippen LogP contribution < -0.4 is 5.32 Å². The standard InChI is InChI=1S/C7H8F3NO3/c8-7(9,10)4-2-1-3(6(13)14)5(12)11-4/h3-4H,1-2H2,(H,11,12)(H,13,14)/t3-,4+/m1/s1. The summed E-state index contributed by atoms with van der Waals surface area (Å²) < 4.78 is 36.2. The maximum absolute atomic E-state index is 12.1. The summed E-state index contributed by atoms with van der Waals surface area (Å²) >= 11 is 0. The molecule has 7 heteroatoms. The van der Waals surface area contributed by atoms with E-state index in [0.717, 1.165) is 0 Å². The molecule has 0 unspecified atom stereocenters. The van der Waals surface area contributed by atoms with Gasteiger partial charge in [-0.2, -0.15) is 13.2 Å². The second-order valence-corrected chi connectivity index (χ2v) is 3.07. The fourth-order valence-electron chi connectivity index (χ4n) is 1.29. The summed E-state index contributed by atoms with van der Waals surface area (Å²) in [6.07, 6.45) is -5.16. The van der Waals surface area contributed by atoms with Gasteiger partial charge in [-0.15, -0.1) is 0 Å². The van der Waals surface area contributed by atoms with Crippen LogP contribution in [0.2, 0.25) is 0 Å². The Balaban J connectivity index is 2.65. The SMILES string of the molecule is O=C(O)[C@@H]1CC[C@@H](C(F)(F)F)NC1=O. The van der Waals surface area contributed by atoms with Crippen LogP contribution in [0.25, 0.3) is 0 Å². The Morgan fingerprint density at radius 3 is 2.36 bits per heavy atom. The van der Waals surface area contributed by atoms with Gasteiger partial charge in [0.25, 0.3) is 0 Å². The molecule has 1 fully saturated rings. The van der Waals surface area contributed by atoms with Gasteiger partial charge in [-0.3, -0.25) is 9.59 Å². The summed E-state index contributed by atoms with van der Waals surface area (Å²) in [4.78, 5) is 21.3. The van der Waals surface area contributed by atoms with Gasteiger partial charge in [0.1, 0.15) is 12.0 Å². The number of amides is 1. The summed E-state index contributed by atoms with van der Waals surface area (Å²) in [6, 6.07) is -1.91. The molecule has 1 rings (SSSR count). The van der Waals surface area contributed by atoms with Gasteiger partial charge in [-0.25, -0.2) is 0 Å². The minimum Gasteiger partial charge on any atom is -0.481 e. The lowest BCUT2D eigenvalue weighted by molar-refractivity contribution is -0.173. The van der Waals surface area contributed by atoms with Crippen LogP contribution in [0, 0.1) is 5.92 Å². The molecular formula is C7H8F3NO3. The molecule has 0 saturated carbocycles. The zero-order chi connectivity index (χ0) is 10.9. The molecular weight excluding hydrogens is 203 g/mol. The molecule has 2 N–H and O–H groups in total. The lowest BCUT2D eigenvalue weighted by Gasteiger charge is -2.28. The van der Waals surface area contributed by atoms with E-state index in [2.05, 4.69) is 0 Å². The van der Waals surface area contributed by atoms with Crippen molar-refractivity contribution in [2.45, 2.75) is 25.1 Å². The number of nitrogens with one attached hydrogen (secondary N) is 1. The number of halogens is 3. The van der Waals surface area contributed by atoms with Crippen LogP contribution in [0.15, 0.2) is 0 Å². The highest BCUT2D eigenvalue weighted by atomic mass is 19.4. The van der Waals surface area contributed by atoms with E-state index < -0.39 is 30.0 Å². The first kappa shape index (κ1) is 10.8. The maximum atomic E-state index is 12.1. The molecule has 1 saturated heterocycles. The molecule has 0 spiro atoms. The Morgan fingerprint density at radius 2 is 2.00 bits per heavy atom. The maximum Gasteiger partial charge on any atom is 0.408 e. The van der Waals surface area contributed by atoms with Gasteiger partial charge >= 0.3 is 12.1 Å². The Hall–Kier alpha value is -1.27. The minimum atomic E-state index is -4.50. The Morgan fingerprint density at radius 1 is 1.43 bits per heavy atom. The zero-order valence-corrected chi connectivity index (χ0v) is 6.97. The molecule has 1 heterocycles. The van der Waals surface area contributed by atoms with E-state index in [0.29, 0.717) is 0 Å². The van der Waals surface area contributed by atoms with Crippen LogP contribution in [-0.4, -0.2) is 29.2 Å². The number of carbonyl (C=O) groups excluding carboxylic acids is 1. The molecule has 0 aromatic rings. The third-order valence-electron chi connectivity index (χ3n) is 2.07. The molecule has 0 aromatic carbocycles. The Bertz CT molecular complexity index is 263. The first-order chi connectivity index (χ1) is 6.32. The fraction of sp³-hybridized carbons (Fsp3) is 0.714. The number of rotatable bonds is 1. The van der Waals surface area contributed by atoms with Gasteiger partial charge in [-0.1, -0.05) is 0 Å². The number of piperidine rings is 1. The van der Waals surface area contributed by atoms with Gasteiger partial charge in [0.15, 0.2) is 0 Å². The third kappa shape index (κ3) is 2.15. The van der Waals surface area contributed by atoms with Gasteiger partial charge in [-0.05, 0) is 12.8 Å². The molecule has 14 heavy (non-hydrogen) atoms. The number of carbonyl (C=O) groups is 2. The van der Waals surface area contributed by atoms with Crippen molar-refractivity contribution in [1.29, 1.82) is 0 Å². The van der Waals surface area contributed by atoms with Gasteiger partial charge in [0, 0.05) is 0 Å². The summed E-state index contributed by atoms with van der Waals surface area (Å²) in [6.45, 7) is 0. The first-order valence-electron chi connectivity index (χ1n) is 3.92. The first-order valence-corrected chi connectivity index (χ1v) is 3.92. The molecule has 1 aliphatic rings. The molecule has 2 atom stereocenters. The normalized spacial score (nSPS) is 28.4. The summed E-state index contributed by atoms with van der Waals surface area (Å²) in [5.74, 6) is -3.80. The predicted molar refractivity (Wildman–Crippen MR) is 38.3 cm³/mol. The second kappa shape index (κ2) is 3.47. The third-order valence-corrected chi connectivity index (χ3v) is 2.07. The van der Waals surface area contributed by atoms with E-state index in [4.69, 9.17) is 5.11 Å². The summed E-state index contributed by atoms with van der Waals surface area (Å²) in [5.41, 5.74) is 0. The van der Waals surface area contributed by atoms with Crippen LogP contribution in [0.4, 0.5) is 13.2 Å². The van der Waals surface area contributed by atoms with Crippen LogP contribution >= 0.6 is 0 Å². The van der Waals surface area contributed by atoms with Crippen LogP contribution in [0.1, 0.15) is 12.8 Å². The number of alkyl halides is 3. The van der Waals surface area contributed by atoms with Crippen molar-refractivity contribution in [3.63, 3.8) is 0 Å². The number of carboxylic acid groups (broad SMARTS) is 1. The van der Waals surface area contributed by atoms with Crippen LogP contribution in [-0.2, 0) is 9.59 Å². The van der Waals surface area contributed by atoms with Crippen molar-refractivity contribution < 1.29 is 27.9 Å². The van der Waals surface area contributed by atoms with E-state index in [-0.39, 0.29) is 12.8 Å². The average Bonchev–Trinajstić information content (AvgIpc) is 2.01. The van der Waals surface area contributed by atoms with E-state index in [1.165, 1.54) is 0 Å². The summed E-state index contributed by atoms with van der Waals surface area (Å²) in [7, 11) is 0. The van der Waals surface area contributed by atoms with E-state index in [1.807, 2.05) is 0 Å². The van der Waals surface area contributed by atoms with Crippen molar-refractivity contribution in [1.82, 2.24) is 5.32 Å². The fourth-order valence-corrected chi connectivity index (χ4v) is 1.29. The quantitative estimate of drug-likeness (QED) is 0.621. The lowest BCUT2D eigenvalue weighted by atomic mass is 9.94. The largest absolute Gasteiger partial charge is 0.481 e. The topological polar surface area (TPSA) is 66.4 Å². The van der Waals surface area contributed by atoms with E-state index in [9.17, 15) is 22.8 Å².